The van der Waals surface area contributed by atoms with Crippen molar-refractivity contribution >= 4 is 22.9 Å². The van der Waals surface area contributed by atoms with E-state index in [1.165, 1.54) is 0 Å². The summed E-state index contributed by atoms with van der Waals surface area (Å²) in [4.78, 5) is 24.0. The average molecular weight is 320 g/mol. The quantitative estimate of drug-likeness (QED) is 0.744. The number of carbonyl (C=O) groups excluding carboxylic acids is 1. The Kier molecular flexibility index (Phi) is 3.56. The number of carbonyl (C=O) groups is 1. The first-order chi connectivity index (χ1) is 11.7. The van der Waals surface area contributed by atoms with Crippen molar-refractivity contribution in [1.29, 1.82) is 0 Å². The highest BCUT2D eigenvalue weighted by molar-refractivity contribution is 5.99. The number of rotatable bonds is 3. The van der Waals surface area contributed by atoms with Crippen molar-refractivity contribution in [3.8, 4) is 0 Å². The minimum Gasteiger partial charge on any atom is -0.308 e. The molecule has 4 rings (SSSR count). The second-order valence-corrected chi connectivity index (χ2v) is 6.55. The molecule has 2 aromatic heterocycles. The van der Waals surface area contributed by atoms with Gasteiger partial charge in [0.25, 0.3) is 0 Å². The highest BCUT2D eigenvalue weighted by Crippen LogP contribution is 2.32. The highest BCUT2D eigenvalue weighted by Gasteiger charge is 2.35. The molecule has 1 amide bonds. The summed E-state index contributed by atoms with van der Waals surface area (Å²) >= 11 is 0. The Labute approximate surface area is 140 Å². The SMILES string of the molecule is CC(C)C(C(=O)N1CCn2c1nc1ccccc12)c1cccnc1. The number of hydrogen-bond acceptors (Lipinski definition) is 3. The molecule has 3 heterocycles. The minimum absolute atomic E-state index is 0.104. The summed E-state index contributed by atoms with van der Waals surface area (Å²) in [6, 6.07) is 11.9. The molecule has 1 aliphatic heterocycles. The number of anilines is 1. The van der Waals surface area contributed by atoms with Crippen LogP contribution in [0, 0.1) is 5.92 Å². The lowest BCUT2D eigenvalue weighted by atomic mass is 9.88. The lowest BCUT2D eigenvalue weighted by Gasteiger charge is -2.25. The monoisotopic (exact) mass is 320 g/mol. The van der Waals surface area contributed by atoms with Gasteiger partial charge in [-0.1, -0.05) is 32.0 Å². The largest absolute Gasteiger partial charge is 0.308 e. The van der Waals surface area contributed by atoms with Gasteiger partial charge in [0.15, 0.2) is 0 Å². The van der Waals surface area contributed by atoms with E-state index in [0.717, 1.165) is 29.1 Å². The van der Waals surface area contributed by atoms with Gasteiger partial charge in [-0.25, -0.2) is 4.98 Å². The van der Waals surface area contributed by atoms with Crippen molar-refractivity contribution in [1.82, 2.24) is 14.5 Å². The van der Waals surface area contributed by atoms with E-state index >= 15 is 0 Å². The molecule has 0 spiro atoms. The minimum atomic E-state index is -0.204. The fourth-order valence-electron chi connectivity index (χ4n) is 3.54. The topological polar surface area (TPSA) is 51.0 Å². The predicted octanol–water partition coefficient (Wildman–Crippen LogP) is 3.22. The molecule has 5 heteroatoms. The normalized spacial score (nSPS) is 15.0. The van der Waals surface area contributed by atoms with Gasteiger partial charge < -0.3 is 4.57 Å². The second-order valence-electron chi connectivity index (χ2n) is 6.55. The molecule has 1 aliphatic rings. The van der Waals surface area contributed by atoms with Gasteiger partial charge in [-0.3, -0.25) is 14.7 Å². The van der Waals surface area contributed by atoms with Crippen LogP contribution in [0.15, 0.2) is 48.8 Å². The Hall–Kier alpha value is -2.69. The first-order valence-electron chi connectivity index (χ1n) is 8.33. The zero-order valence-corrected chi connectivity index (χ0v) is 13.9. The van der Waals surface area contributed by atoms with Crippen LogP contribution in [0.1, 0.15) is 25.3 Å². The third kappa shape index (κ3) is 2.28. The van der Waals surface area contributed by atoms with E-state index in [4.69, 9.17) is 0 Å². The van der Waals surface area contributed by atoms with E-state index in [2.05, 4.69) is 34.4 Å². The van der Waals surface area contributed by atoms with Gasteiger partial charge in [-0.2, -0.15) is 0 Å². The Balaban J connectivity index is 1.73. The van der Waals surface area contributed by atoms with Crippen LogP contribution in [-0.2, 0) is 11.3 Å². The van der Waals surface area contributed by atoms with Crippen LogP contribution in [-0.4, -0.2) is 27.0 Å². The Morgan fingerprint density at radius 2 is 1.96 bits per heavy atom. The molecular formula is C19H20N4O. The zero-order valence-electron chi connectivity index (χ0n) is 13.9. The third-order valence-electron chi connectivity index (χ3n) is 4.67. The van der Waals surface area contributed by atoms with Crippen molar-refractivity contribution in [2.24, 2.45) is 5.92 Å². The number of benzene rings is 1. The van der Waals surface area contributed by atoms with Crippen LogP contribution in [0.25, 0.3) is 11.0 Å². The van der Waals surface area contributed by atoms with E-state index < -0.39 is 0 Å². The van der Waals surface area contributed by atoms with Crippen molar-refractivity contribution in [3.63, 3.8) is 0 Å². The van der Waals surface area contributed by atoms with E-state index in [9.17, 15) is 4.79 Å². The average Bonchev–Trinajstić information content (AvgIpc) is 3.14. The summed E-state index contributed by atoms with van der Waals surface area (Å²) in [5.41, 5.74) is 2.99. The van der Waals surface area contributed by atoms with Crippen LogP contribution in [0.4, 0.5) is 5.95 Å². The number of amides is 1. The molecule has 122 valence electrons. The Morgan fingerprint density at radius 1 is 1.12 bits per heavy atom. The Morgan fingerprint density at radius 3 is 2.71 bits per heavy atom. The molecule has 0 saturated carbocycles. The molecule has 5 nitrogen and oxygen atoms in total. The lowest BCUT2D eigenvalue weighted by Crippen LogP contribution is -2.36. The van der Waals surface area contributed by atoms with Gasteiger partial charge in [0.05, 0.1) is 17.0 Å². The van der Waals surface area contributed by atoms with E-state index in [-0.39, 0.29) is 17.7 Å². The second kappa shape index (κ2) is 5.74. The van der Waals surface area contributed by atoms with Crippen LogP contribution < -0.4 is 4.90 Å². The zero-order chi connectivity index (χ0) is 16.7. The maximum Gasteiger partial charge on any atom is 0.237 e. The Bertz CT molecular complexity index is 885. The van der Waals surface area contributed by atoms with Crippen molar-refractivity contribution in [3.05, 3.63) is 54.4 Å². The maximum absolute atomic E-state index is 13.3. The van der Waals surface area contributed by atoms with Crippen molar-refractivity contribution < 1.29 is 4.79 Å². The molecule has 0 N–H and O–H groups in total. The van der Waals surface area contributed by atoms with Gasteiger partial charge in [0, 0.05) is 25.5 Å². The van der Waals surface area contributed by atoms with Crippen LogP contribution in [0.3, 0.4) is 0 Å². The standard InChI is InChI=1S/C19H20N4O/c1-13(2)17(14-6-5-9-20-12-14)18(24)23-11-10-22-16-8-4-3-7-15(16)21-19(22)23/h3-9,12-13,17H,10-11H2,1-2H3. The maximum atomic E-state index is 13.3. The number of para-hydroxylation sites is 2. The first-order valence-corrected chi connectivity index (χ1v) is 8.33. The highest BCUT2D eigenvalue weighted by atomic mass is 16.2. The van der Waals surface area contributed by atoms with E-state index in [1.54, 1.807) is 12.4 Å². The predicted molar refractivity (Wildman–Crippen MR) is 93.9 cm³/mol. The number of aromatic nitrogens is 3. The molecule has 0 radical (unpaired) electrons. The van der Waals surface area contributed by atoms with Crippen LogP contribution in [0.2, 0.25) is 0 Å². The fraction of sp³-hybridized carbons (Fsp3) is 0.316. The summed E-state index contributed by atoms with van der Waals surface area (Å²) in [7, 11) is 0. The number of pyridine rings is 1. The number of fused-ring (bicyclic) bond motifs is 3. The fourth-order valence-corrected chi connectivity index (χ4v) is 3.54. The van der Waals surface area contributed by atoms with Gasteiger partial charge in [-0.05, 0) is 29.7 Å². The summed E-state index contributed by atoms with van der Waals surface area (Å²) < 4.78 is 2.13. The van der Waals surface area contributed by atoms with Gasteiger partial charge >= 0.3 is 0 Å². The van der Waals surface area contributed by atoms with Crippen LogP contribution >= 0.6 is 0 Å². The number of hydrogen-bond donors (Lipinski definition) is 0. The van der Waals surface area contributed by atoms with Crippen LogP contribution in [0.5, 0.6) is 0 Å². The number of nitrogens with zero attached hydrogens (tertiary/aromatic N) is 4. The first kappa shape index (κ1) is 14.9. The molecule has 3 aromatic rings. The van der Waals surface area contributed by atoms with Crippen molar-refractivity contribution in [2.75, 3.05) is 11.4 Å². The summed E-state index contributed by atoms with van der Waals surface area (Å²) in [6.45, 7) is 5.62. The summed E-state index contributed by atoms with van der Waals surface area (Å²) in [5.74, 6) is 0.855. The smallest absolute Gasteiger partial charge is 0.237 e. The molecule has 24 heavy (non-hydrogen) atoms. The van der Waals surface area contributed by atoms with Gasteiger partial charge in [-0.15, -0.1) is 0 Å². The van der Waals surface area contributed by atoms with E-state index in [0.29, 0.717) is 6.54 Å². The van der Waals surface area contributed by atoms with Crippen molar-refractivity contribution in [2.45, 2.75) is 26.3 Å². The molecule has 1 atom stereocenters. The molecule has 0 saturated heterocycles. The van der Waals surface area contributed by atoms with Gasteiger partial charge in [0.2, 0.25) is 11.9 Å². The molecule has 0 fully saturated rings. The third-order valence-corrected chi connectivity index (χ3v) is 4.67. The van der Waals surface area contributed by atoms with Gasteiger partial charge in [0.1, 0.15) is 0 Å². The van der Waals surface area contributed by atoms with E-state index in [1.807, 2.05) is 35.2 Å². The lowest BCUT2D eigenvalue weighted by molar-refractivity contribution is -0.120. The summed E-state index contributed by atoms with van der Waals surface area (Å²) in [6.07, 6.45) is 3.53. The molecular weight excluding hydrogens is 300 g/mol. The molecule has 0 aliphatic carbocycles. The molecule has 1 aromatic carbocycles. The summed E-state index contributed by atoms with van der Waals surface area (Å²) in [5, 5.41) is 0. The molecule has 1 unspecified atom stereocenters. The number of imidazole rings is 1. The molecule has 0 bridgehead atoms.